The largest absolute Gasteiger partial charge is 0.325 e. The van der Waals surface area contributed by atoms with E-state index in [9.17, 15) is 0 Å². The Labute approximate surface area is 90.3 Å². The molecule has 2 heteroatoms. The third kappa shape index (κ3) is 2.58. The lowest BCUT2D eigenvalue weighted by molar-refractivity contribution is 0.279. The summed E-state index contributed by atoms with van der Waals surface area (Å²) in [7, 11) is 0. The van der Waals surface area contributed by atoms with Gasteiger partial charge < -0.3 is 5.73 Å². The summed E-state index contributed by atoms with van der Waals surface area (Å²) in [5.41, 5.74) is 6.54. The van der Waals surface area contributed by atoms with Gasteiger partial charge in [-0.25, -0.2) is 0 Å². The minimum absolute atomic E-state index is 0.155. The Balaban J connectivity index is 1.84. The van der Waals surface area contributed by atoms with Crippen molar-refractivity contribution < 1.29 is 0 Å². The van der Waals surface area contributed by atoms with E-state index in [0.717, 1.165) is 0 Å². The first kappa shape index (κ1) is 10.2. The molecule has 1 fully saturated rings. The smallest absolute Gasteiger partial charge is 0.0157 e. The van der Waals surface area contributed by atoms with Gasteiger partial charge in [0.25, 0.3) is 0 Å². The molecule has 1 heterocycles. The van der Waals surface area contributed by atoms with Crippen LogP contribution < -0.4 is 5.73 Å². The summed E-state index contributed by atoms with van der Waals surface area (Å²) in [6.07, 6.45) is 8.87. The molecule has 0 unspecified atom stereocenters. The summed E-state index contributed by atoms with van der Waals surface area (Å²) in [6, 6.07) is 4.35. The Morgan fingerprint density at radius 3 is 2.71 bits per heavy atom. The van der Waals surface area contributed by atoms with Crippen LogP contribution in [-0.2, 0) is 6.42 Å². The van der Waals surface area contributed by atoms with E-state index in [0.29, 0.717) is 0 Å². The number of aryl methyl sites for hydroxylation is 1. The molecule has 1 aliphatic carbocycles. The molecule has 0 amide bonds. The van der Waals surface area contributed by atoms with Crippen LogP contribution in [-0.4, -0.2) is 5.54 Å². The van der Waals surface area contributed by atoms with Gasteiger partial charge in [0.2, 0.25) is 0 Å². The van der Waals surface area contributed by atoms with Crippen LogP contribution in [0.15, 0.2) is 17.5 Å². The monoisotopic (exact) mass is 209 g/mol. The van der Waals surface area contributed by atoms with Crippen LogP contribution in [0.2, 0.25) is 0 Å². The zero-order valence-electron chi connectivity index (χ0n) is 8.67. The molecule has 1 saturated carbocycles. The molecule has 1 aromatic rings. The van der Waals surface area contributed by atoms with Crippen molar-refractivity contribution in [3.8, 4) is 0 Å². The summed E-state index contributed by atoms with van der Waals surface area (Å²) < 4.78 is 0. The van der Waals surface area contributed by atoms with Crippen LogP contribution in [0.3, 0.4) is 0 Å². The number of nitrogens with two attached hydrogens (primary N) is 1. The Morgan fingerprint density at radius 1 is 1.29 bits per heavy atom. The van der Waals surface area contributed by atoms with Gasteiger partial charge in [0.05, 0.1) is 0 Å². The summed E-state index contributed by atoms with van der Waals surface area (Å²) in [4.78, 5) is 1.49. The Kier molecular flexibility index (Phi) is 3.24. The first-order valence-electron chi connectivity index (χ1n) is 5.60. The molecule has 0 saturated heterocycles. The molecular weight excluding hydrogens is 190 g/mol. The van der Waals surface area contributed by atoms with Crippen molar-refractivity contribution in [1.82, 2.24) is 0 Å². The van der Waals surface area contributed by atoms with Gasteiger partial charge in [-0.1, -0.05) is 25.3 Å². The van der Waals surface area contributed by atoms with Crippen molar-refractivity contribution >= 4 is 11.3 Å². The first-order valence-corrected chi connectivity index (χ1v) is 6.48. The second-order valence-corrected chi connectivity index (χ2v) is 5.53. The maximum Gasteiger partial charge on any atom is 0.0157 e. The molecule has 78 valence electrons. The molecule has 1 nitrogen and oxygen atoms in total. The summed E-state index contributed by atoms with van der Waals surface area (Å²) in [5.74, 6) is 0. The summed E-state index contributed by atoms with van der Waals surface area (Å²) in [6.45, 7) is 0. The maximum absolute atomic E-state index is 6.38. The number of hydrogen-bond donors (Lipinski definition) is 1. The van der Waals surface area contributed by atoms with Gasteiger partial charge in [-0.15, -0.1) is 11.3 Å². The van der Waals surface area contributed by atoms with Gasteiger partial charge in [0.1, 0.15) is 0 Å². The number of rotatable bonds is 3. The van der Waals surface area contributed by atoms with E-state index in [1.54, 1.807) is 0 Å². The van der Waals surface area contributed by atoms with Gasteiger partial charge in [-0.3, -0.25) is 0 Å². The topological polar surface area (TPSA) is 26.0 Å². The first-order chi connectivity index (χ1) is 6.79. The minimum Gasteiger partial charge on any atom is -0.325 e. The standard InChI is InChI=1S/C12H19NS/c13-12(7-2-1-3-8-12)9-6-11-5-4-10-14-11/h4-5,10H,1-3,6-9,13H2. The average Bonchev–Trinajstić information content (AvgIpc) is 2.69. The third-order valence-corrected chi connectivity index (χ3v) is 4.23. The van der Waals surface area contributed by atoms with E-state index in [4.69, 9.17) is 5.73 Å². The van der Waals surface area contributed by atoms with Crippen molar-refractivity contribution in [3.05, 3.63) is 22.4 Å². The Bertz CT molecular complexity index is 260. The van der Waals surface area contributed by atoms with E-state index >= 15 is 0 Å². The van der Waals surface area contributed by atoms with Crippen molar-refractivity contribution in [2.24, 2.45) is 5.73 Å². The SMILES string of the molecule is NC1(CCc2cccs2)CCCCC1. The minimum atomic E-state index is 0.155. The number of hydrogen-bond acceptors (Lipinski definition) is 2. The van der Waals surface area contributed by atoms with E-state index in [-0.39, 0.29) is 5.54 Å². The molecule has 0 bridgehead atoms. The highest BCUT2D eigenvalue weighted by Gasteiger charge is 2.26. The second-order valence-electron chi connectivity index (χ2n) is 4.50. The molecule has 2 N–H and O–H groups in total. The lowest BCUT2D eigenvalue weighted by atomic mass is 9.79. The normalized spacial score (nSPS) is 20.9. The molecule has 0 aliphatic heterocycles. The molecule has 1 aromatic heterocycles. The zero-order valence-corrected chi connectivity index (χ0v) is 9.48. The zero-order chi connectivity index (χ0) is 9.86. The van der Waals surface area contributed by atoms with Gasteiger partial charge in [-0.05, 0) is 37.1 Å². The van der Waals surface area contributed by atoms with Crippen LogP contribution in [0.4, 0.5) is 0 Å². The van der Waals surface area contributed by atoms with Crippen LogP contribution in [0, 0.1) is 0 Å². The van der Waals surface area contributed by atoms with E-state index < -0.39 is 0 Å². The third-order valence-electron chi connectivity index (χ3n) is 3.30. The highest BCUT2D eigenvalue weighted by Crippen LogP contribution is 2.30. The lowest BCUT2D eigenvalue weighted by Gasteiger charge is -2.33. The fourth-order valence-electron chi connectivity index (χ4n) is 2.33. The van der Waals surface area contributed by atoms with Gasteiger partial charge >= 0.3 is 0 Å². The molecule has 0 aromatic carbocycles. The Hall–Kier alpha value is -0.340. The van der Waals surface area contributed by atoms with Crippen molar-refractivity contribution in [2.45, 2.75) is 50.5 Å². The van der Waals surface area contributed by atoms with E-state index in [2.05, 4.69) is 17.5 Å². The molecular formula is C12H19NS. The fourth-order valence-corrected chi connectivity index (χ4v) is 3.04. The van der Waals surface area contributed by atoms with Crippen molar-refractivity contribution in [3.63, 3.8) is 0 Å². The van der Waals surface area contributed by atoms with E-state index in [1.165, 1.54) is 49.8 Å². The lowest BCUT2D eigenvalue weighted by Crippen LogP contribution is -2.41. The average molecular weight is 209 g/mol. The highest BCUT2D eigenvalue weighted by atomic mass is 32.1. The predicted octanol–water partition coefficient (Wildman–Crippen LogP) is 3.34. The predicted molar refractivity (Wildman–Crippen MR) is 62.6 cm³/mol. The molecule has 0 atom stereocenters. The summed E-state index contributed by atoms with van der Waals surface area (Å²) >= 11 is 1.85. The number of thiophene rings is 1. The fraction of sp³-hybridized carbons (Fsp3) is 0.667. The Morgan fingerprint density at radius 2 is 2.07 bits per heavy atom. The van der Waals surface area contributed by atoms with Crippen LogP contribution in [0.25, 0.3) is 0 Å². The quantitative estimate of drug-likeness (QED) is 0.811. The van der Waals surface area contributed by atoms with Crippen LogP contribution in [0.1, 0.15) is 43.4 Å². The molecule has 0 spiro atoms. The second kappa shape index (κ2) is 4.45. The van der Waals surface area contributed by atoms with Crippen molar-refractivity contribution in [2.75, 3.05) is 0 Å². The highest BCUT2D eigenvalue weighted by molar-refractivity contribution is 7.09. The van der Waals surface area contributed by atoms with Crippen LogP contribution >= 0.6 is 11.3 Å². The molecule has 2 rings (SSSR count). The van der Waals surface area contributed by atoms with Crippen molar-refractivity contribution in [1.29, 1.82) is 0 Å². The maximum atomic E-state index is 6.38. The van der Waals surface area contributed by atoms with E-state index in [1.807, 2.05) is 11.3 Å². The van der Waals surface area contributed by atoms with Gasteiger partial charge in [0, 0.05) is 10.4 Å². The van der Waals surface area contributed by atoms with Gasteiger partial charge in [-0.2, -0.15) is 0 Å². The molecule has 0 radical (unpaired) electrons. The summed E-state index contributed by atoms with van der Waals surface area (Å²) in [5, 5.41) is 2.15. The van der Waals surface area contributed by atoms with Crippen LogP contribution in [0.5, 0.6) is 0 Å². The molecule has 1 aliphatic rings. The molecule has 14 heavy (non-hydrogen) atoms. The van der Waals surface area contributed by atoms with Gasteiger partial charge in [0.15, 0.2) is 0 Å².